The highest BCUT2D eigenvalue weighted by Crippen LogP contribution is 2.42. The number of benzene rings is 1. The molecule has 1 aromatic heterocycles. The fourth-order valence-electron chi connectivity index (χ4n) is 4.38. The Morgan fingerprint density at radius 1 is 1.26 bits per heavy atom. The lowest BCUT2D eigenvalue weighted by Crippen LogP contribution is -2.67. The first-order chi connectivity index (χ1) is 12.9. The number of likely N-dealkylation sites (N-methyl/N-ethyl adjacent to an activating group) is 1. The Hall–Kier alpha value is -2.67. The second-order valence-corrected chi connectivity index (χ2v) is 7.34. The number of carbonyl (C=O) groups is 2. The van der Waals surface area contributed by atoms with E-state index in [0.29, 0.717) is 25.2 Å². The van der Waals surface area contributed by atoms with Gasteiger partial charge in [-0.15, -0.1) is 0 Å². The van der Waals surface area contributed by atoms with Crippen molar-refractivity contribution < 1.29 is 14.3 Å². The average molecular weight is 368 g/mol. The van der Waals surface area contributed by atoms with Crippen molar-refractivity contribution in [2.24, 2.45) is 7.05 Å². The molecule has 2 aliphatic heterocycles. The van der Waals surface area contributed by atoms with E-state index < -0.39 is 5.54 Å². The number of rotatable bonds is 2. The van der Waals surface area contributed by atoms with Gasteiger partial charge in [0.15, 0.2) is 0 Å². The molecule has 0 saturated carbocycles. The Labute approximate surface area is 158 Å². The molecule has 2 aliphatic rings. The van der Waals surface area contributed by atoms with E-state index in [-0.39, 0.29) is 24.5 Å². The van der Waals surface area contributed by atoms with Crippen LogP contribution in [-0.2, 0) is 22.1 Å². The molecule has 27 heavy (non-hydrogen) atoms. The number of nitrogens with zero attached hydrogens (tertiary/aromatic N) is 4. The molecule has 3 heterocycles. The predicted octanol–water partition coefficient (Wildman–Crippen LogP) is 1.33. The second kappa shape index (κ2) is 6.49. The summed E-state index contributed by atoms with van der Waals surface area (Å²) >= 11 is 0. The standard InChI is InChI=1S/C20H24N4O3/c1-14-11-16(23(3)21-14)19(26)24-10-9-20(15-7-5-4-6-8-15)17(12-24)27-13-18(25)22(20)2/h4-8,11,17H,9-10,12-13H2,1-3H3/t17-,20+/m1/s1. The molecule has 7 heteroatoms. The maximum absolute atomic E-state index is 13.0. The number of amides is 2. The Balaban J connectivity index is 1.66. The van der Waals surface area contributed by atoms with Gasteiger partial charge >= 0.3 is 0 Å². The van der Waals surface area contributed by atoms with E-state index in [1.165, 1.54) is 0 Å². The van der Waals surface area contributed by atoms with Gasteiger partial charge in [-0.1, -0.05) is 30.3 Å². The van der Waals surface area contributed by atoms with Crippen LogP contribution in [0.5, 0.6) is 0 Å². The minimum absolute atomic E-state index is 0.0304. The van der Waals surface area contributed by atoms with Crippen LogP contribution in [0.15, 0.2) is 36.4 Å². The van der Waals surface area contributed by atoms with E-state index in [1.54, 1.807) is 17.8 Å². The highest BCUT2D eigenvalue weighted by Gasteiger charge is 2.53. The van der Waals surface area contributed by atoms with Crippen LogP contribution in [0.4, 0.5) is 0 Å². The van der Waals surface area contributed by atoms with Gasteiger partial charge in [0, 0.05) is 27.2 Å². The van der Waals surface area contributed by atoms with Crippen molar-refractivity contribution in [3.05, 3.63) is 53.3 Å². The van der Waals surface area contributed by atoms with E-state index >= 15 is 0 Å². The van der Waals surface area contributed by atoms with Crippen LogP contribution in [0.1, 0.15) is 28.2 Å². The molecule has 0 aliphatic carbocycles. The van der Waals surface area contributed by atoms with Gasteiger partial charge < -0.3 is 14.5 Å². The number of ether oxygens (including phenoxy) is 1. The number of piperidine rings is 1. The number of aryl methyl sites for hydroxylation is 2. The Morgan fingerprint density at radius 3 is 2.67 bits per heavy atom. The Bertz CT molecular complexity index is 879. The maximum atomic E-state index is 13.0. The summed E-state index contributed by atoms with van der Waals surface area (Å²) in [5.74, 6) is -0.0833. The van der Waals surface area contributed by atoms with Crippen molar-refractivity contribution in [3.63, 3.8) is 0 Å². The van der Waals surface area contributed by atoms with E-state index in [9.17, 15) is 9.59 Å². The summed E-state index contributed by atoms with van der Waals surface area (Å²) in [6.45, 7) is 2.91. The highest BCUT2D eigenvalue weighted by molar-refractivity contribution is 5.93. The summed E-state index contributed by atoms with van der Waals surface area (Å²) < 4.78 is 7.59. The number of hydrogen-bond donors (Lipinski definition) is 0. The van der Waals surface area contributed by atoms with Gasteiger partial charge in [0.25, 0.3) is 5.91 Å². The maximum Gasteiger partial charge on any atom is 0.272 e. The number of likely N-dealkylation sites (tertiary alicyclic amines) is 1. The lowest BCUT2D eigenvalue weighted by atomic mass is 9.76. The minimum atomic E-state index is -0.546. The van der Waals surface area contributed by atoms with Crippen molar-refractivity contribution in [2.45, 2.75) is 25.0 Å². The molecule has 2 fully saturated rings. The summed E-state index contributed by atoms with van der Waals surface area (Å²) in [5.41, 5.74) is 1.89. The van der Waals surface area contributed by atoms with Crippen LogP contribution in [-0.4, -0.2) is 64.2 Å². The lowest BCUT2D eigenvalue weighted by Gasteiger charge is -2.54. The third-order valence-electron chi connectivity index (χ3n) is 5.84. The molecule has 0 unspecified atom stereocenters. The van der Waals surface area contributed by atoms with Gasteiger partial charge in [0.2, 0.25) is 5.91 Å². The summed E-state index contributed by atoms with van der Waals surface area (Å²) in [4.78, 5) is 29.1. The van der Waals surface area contributed by atoms with Gasteiger partial charge in [-0.05, 0) is 25.0 Å². The molecule has 1 aromatic carbocycles. The zero-order chi connectivity index (χ0) is 19.2. The second-order valence-electron chi connectivity index (χ2n) is 7.34. The number of carbonyl (C=O) groups excluding carboxylic acids is 2. The lowest BCUT2D eigenvalue weighted by molar-refractivity contribution is -0.180. The zero-order valence-corrected chi connectivity index (χ0v) is 15.9. The van der Waals surface area contributed by atoms with Gasteiger partial charge in [-0.2, -0.15) is 5.10 Å². The molecule has 0 N–H and O–H groups in total. The van der Waals surface area contributed by atoms with Crippen LogP contribution in [0.3, 0.4) is 0 Å². The fourth-order valence-corrected chi connectivity index (χ4v) is 4.38. The summed E-state index contributed by atoms with van der Waals surface area (Å²) in [6, 6.07) is 11.8. The van der Waals surface area contributed by atoms with Gasteiger partial charge in [-0.25, -0.2) is 0 Å². The van der Waals surface area contributed by atoms with Crippen molar-refractivity contribution in [3.8, 4) is 0 Å². The van der Waals surface area contributed by atoms with Crippen molar-refractivity contribution in [2.75, 3.05) is 26.7 Å². The Morgan fingerprint density at radius 2 is 2.00 bits per heavy atom. The first kappa shape index (κ1) is 17.7. The first-order valence-electron chi connectivity index (χ1n) is 9.17. The van der Waals surface area contributed by atoms with Gasteiger partial charge in [0.1, 0.15) is 18.4 Å². The van der Waals surface area contributed by atoms with Crippen molar-refractivity contribution in [1.29, 1.82) is 0 Å². The molecule has 0 radical (unpaired) electrons. The van der Waals surface area contributed by atoms with Gasteiger partial charge in [-0.3, -0.25) is 14.3 Å². The van der Waals surface area contributed by atoms with E-state index in [1.807, 2.05) is 54.1 Å². The number of morpholine rings is 1. The van der Waals surface area contributed by atoms with E-state index in [4.69, 9.17) is 4.74 Å². The number of aromatic nitrogens is 2. The molecular weight excluding hydrogens is 344 g/mol. The van der Waals surface area contributed by atoms with E-state index in [2.05, 4.69) is 5.10 Å². The third-order valence-corrected chi connectivity index (χ3v) is 5.84. The minimum Gasteiger partial charge on any atom is -0.364 e. The molecule has 142 valence electrons. The largest absolute Gasteiger partial charge is 0.364 e. The summed E-state index contributed by atoms with van der Waals surface area (Å²) in [5, 5.41) is 4.28. The molecule has 4 rings (SSSR count). The molecular formula is C20H24N4O3. The molecule has 2 amide bonds. The van der Waals surface area contributed by atoms with Crippen molar-refractivity contribution in [1.82, 2.24) is 19.6 Å². The fraction of sp³-hybridized carbons (Fsp3) is 0.450. The molecule has 0 spiro atoms. The Kier molecular flexibility index (Phi) is 4.26. The predicted molar refractivity (Wildman–Crippen MR) is 99.1 cm³/mol. The van der Waals surface area contributed by atoms with Gasteiger partial charge in [0.05, 0.1) is 11.2 Å². The van der Waals surface area contributed by atoms with Crippen molar-refractivity contribution >= 4 is 11.8 Å². The van der Waals surface area contributed by atoms with Crippen LogP contribution in [0, 0.1) is 6.92 Å². The molecule has 7 nitrogen and oxygen atoms in total. The SMILES string of the molecule is Cc1cc(C(=O)N2CC[C@]3(c4ccccc4)[C@@H](C2)OCC(=O)N3C)n(C)n1. The zero-order valence-electron chi connectivity index (χ0n) is 15.9. The summed E-state index contributed by atoms with van der Waals surface area (Å²) in [6.07, 6.45) is 0.363. The van der Waals surface area contributed by atoms with Crippen LogP contribution >= 0.6 is 0 Å². The molecule has 2 atom stereocenters. The average Bonchev–Trinajstić information content (AvgIpc) is 3.02. The molecule has 0 bridgehead atoms. The monoisotopic (exact) mass is 368 g/mol. The molecule has 2 saturated heterocycles. The quantitative estimate of drug-likeness (QED) is 0.802. The third kappa shape index (κ3) is 2.73. The number of hydrogen-bond acceptors (Lipinski definition) is 4. The van der Waals surface area contributed by atoms with E-state index in [0.717, 1.165) is 11.3 Å². The summed E-state index contributed by atoms with van der Waals surface area (Å²) in [7, 11) is 3.62. The highest BCUT2D eigenvalue weighted by atomic mass is 16.5. The van der Waals surface area contributed by atoms with Crippen LogP contribution in [0.25, 0.3) is 0 Å². The van der Waals surface area contributed by atoms with Crippen LogP contribution in [0.2, 0.25) is 0 Å². The number of fused-ring (bicyclic) bond motifs is 1. The topological polar surface area (TPSA) is 67.7 Å². The molecule has 2 aromatic rings. The van der Waals surface area contributed by atoms with Crippen LogP contribution < -0.4 is 0 Å². The first-order valence-corrected chi connectivity index (χ1v) is 9.17. The normalized spacial score (nSPS) is 25.4. The smallest absolute Gasteiger partial charge is 0.272 e.